The number of aromatic nitrogens is 2. The normalized spacial score (nSPS) is 19.5. The molecule has 0 aliphatic heterocycles. The molecule has 1 aromatic rings. The summed E-state index contributed by atoms with van der Waals surface area (Å²) in [4.78, 5) is 4.42. The Kier molecular flexibility index (Phi) is 2.75. The second-order valence-electron chi connectivity index (χ2n) is 4.31. The monoisotopic (exact) mass is 193 g/mol. The summed E-state index contributed by atoms with van der Waals surface area (Å²) in [5.41, 5.74) is 7.12. The summed E-state index contributed by atoms with van der Waals surface area (Å²) in [6, 6.07) is 0. The van der Waals surface area contributed by atoms with Crippen LogP contribution in [0.15, 0.2) is 6.33 Å². The van der Waals surface area contributed by atoms with Gasteiger partial charge in [-0.1, -0.05) is 25.7 Å². The molecule has 0 saturated heterocycles. The number of anilines is 1. The largest absolute Gasteiger partial charge is 0.384 e. The van der Waals surface area contributed by atoms with Crippen molar-refractivity contribution in [2.24, 2.45) is 7.05 Å². The fraction of sp³-hybridized carbons (Fsp3) is 0.727. The molecule has 14 heavy (non-hydrogen) atoms. The lowest BCUT2D eigenvalue weighted by atomic mass is 9.97. The molecule has 0 radical (unpaired) electrons. The SMILES string of the molecule is Cn1cnc(C2CCCCCC2)c1N. The van der Waals surface area contributed by atoms with Crippen LogP contribution in [0.5, 0.6) is 0 Å². The Morgan fingerprint density at radius 2 is 1.93 bits per heavy atom. The topological polar surface area (TPSA) is 43.8 Å². The summed E-state index contributed by atoms with van der Waals surface area (Å²) in [5, 5.41) is 0. The van der Waals surface area contributed by atoms with Crippen LogP contribution in [0.4, 0.5) is 5.82 Å². The summed E-state index contributed by atoms with van der Waals surface area (Å²) < 4.78 is 1.92. The predicted octanol–water partition coefficient (Wildman–Crippen LogP) is 2.44. The average molecular weight is 193 g/mol. The average Bonchev–Trinajstić information content (AvgIpc) is 2.47. The Morgan fingerprint density at radius 3 is 2.43 bits per heavy atom. The van der Waals surface area contributed by atoms with E-state index >= 15 is 0 Å². The fourth-order valence-electron chi connectivity index (χ4n) is 2.33. The highest BCUT2D eigenvalue weighted by Crippen LogP contribution is 2.33. The number of rotatable bonds is 1. The predicted molar refractivity (Wildman–Crippen MR) is 58.1 cm³/mol. The zero-order valence-corrected chi connectivity index (χ0v) is 8.87. The quantitative estimate of drug-likeness (QED) is 0.696. The number of imidazole rings is 1. The van der Waals surface area contributed by atoms with Gasteiger partial charge in [-0.3, -0.25) is 0 Å². The molecule has 1 aliphatic carbocycles. The standard InChI is InChI=1S/C11H19N3/c1-14-8-13-10(11(14)12)9-6-4-2-3-5-7-9/h8-9H,2-7,12H2,1H3. The lowest BCUT2D eigenvalue weighted by Crippen LogP contribution is -2.03. The van der Waals surface area contributed by atoms with E-state index in [1.165, 1.54) is 38.5 Å². The van der Waals surface area contributed by atoms with Gasteiger partial charge in [0.2, 0.25) is 0 Å². The van der Waals surface area contributed by atoms with Crippen molar-refractivity contribution >= 4 is 5.82 Å². The van der Waals surface area contributed by atoms with Crippen molar-refractivity contribution in [1.29, 1.82) is 0 Å². The minimum absolute atomic E-state index is 0.610. The van der Waals surface area contributed by atoms with Gasteiger partial charge in [-0.15, -0.1) is 0 Å². The lowest BCUT2D eigenvalue weighted by Gasteiger charge is -2.12. The molecule has 3 nitrogen and oxygen atoms in total. The van der Waals surface area contributed by atoms with Crippen LogP contribution in [0.3, 0.4) is 0 Å². The Labute approximate surface area is 85.3 Å². The van der Waals surface area contributed by atoms with Crippen molar-refractivity contribution in [2.45, 2.75) is 44.4 Å². The fourth-order valence-corrected chi connectivity index (χ4v) is 2.33. The molecule has 1 aromatic heterocycles. The first-order valence-electron chi connectivity index (χ1n) is 5.55. The second-order valence-corrected chi connectivity index (χ2v) is 4.31. The van der Waals surface area contributed by atoms with E-state index in [0.29, 0.717) is 5.92 Å². The smallest absolute Gasteiger partial charge is 0.126 e. The van der Waals surface area contributed by atoms with Crippen LogP contribution in [0.25, 0.3) is 0 Å². The highest BCUT2D eigenvalue weighted by atomic mass is 15.1. The van der Waals surface area contributed by atoms with E-state index in [-0.39, 0.29) is 0 Å². The van der Waals surface area contributed by atoms with Gasteiger partial charge in [0.05, 0.1) is 12.0 Å². The van der Waals surface area contributed by atoms with Crippen LogP contribution in [-0.2, 0) is 7.05 Å². The van der Waals surface area contributed by atoms with Gasteiger partial charge in [0.1, 0.15) is 5.82 Å². The van der Waals surface area contributed by atoms with Gasteiger partial charge < -0.3 is 10.3 Å². The maximum Gasteiger partial charge on any atom is 0.126 e. The van der Waals surface area contributed by atoms with Crippen molar-refractivity contribution in [2.75, 3.05) is 5.73 Å². The number of nitrogen functional groups attached to an aromatic ring is 1. The Morgan fingerprint density at radius 1 is 1.29 bits per heavy atom. The second kappa shape index (κ2) is 4.03. The van der Waals surface area contributed by atoms with Crippen molar-refractivity contribution in [3.8, 4) is 0 Å². The van der Waals surface area contributed by atoms with E-state index in [0.717, 1.165) is 11.5 Å². The summed E-state index contributed by atoms with van der Waals surface area (Å²) in [5.74, 6) is 1.47. The molecule has 0 amide bonds. The Hall–Kier alpha value is -0.990. The van der Waals surface area contributed by atoms with Gasteiger partial charge in [0.15, 0.2) is 0 Å². The number of hydrogen-bond acceptors (Lipinski definition) is 2. The van der Waals surface area contributed by atoms with Gasteiger partial charge in [-0.25, -0.2) is 4.98 Å². The molecule has 0 atom stereocenters. The van der Waals surface area contributed by atoms with Crippen molar-refractivity contribution in [3.05, 3.63) is 12.0 Å². The number of nitrogens with two attached hydrogens (primary N) is 1. The molecule has 0 bridgehead atoms. The first kappa shape index (κ1) is 9.56. The van der Waals surface area contributed by atoms with E-state index < -0.39 is 0 Å². The molecule has 0 unspecified atom stereocenters. The van der Waals surface area contributed by atoms with Gasteiger partial charge in [0, 0.05) is 13.0 Å². The molecular formula is C11H19N3. The summed E-state index contributed by atoms with van der Waals surface area (Å²) >= 11 is 0. The highest BCUT2D eigenvalue weighted by Gasteiger charge is 2.19. The molecular weight excluding hydrogens is 174 g/mol. The van der Waals surface area contributed by atoms with Crippen molar-refractivity contribution in [3.63, 3.8) is 0 Å². The first-order valence-corrected chi connectivity index (χ1v) is 5.55. The van der Waals surface area contributed by atoms with Crippen molar-refractivity contribution in [1.82, 2.24) is 9.55 Å². The first-order chi connectivity index (χ1) is 6.79. The van der Waals surface area contributed by atoms with Crippen LogP contribution in [-0.4, -0.2) is 9.55 Å². The van der Waals surface area contributed by atoms with Crippen LogP contribution < -0.4 is 5.73 Å². The molecule has 78 valence electrons. The maximum atomic E-state index is 5.98. The Bertz CT molecular complexity index is 295. The molecule has 2 rings (SSSR count). The number of hydrogen-bond donors (Lipinski definition) is 1. The minimum Gasteiger partial charge on any atom is -0.384 e. The van der Waals surface area contributed by atoms with E-state index in [2.05, 4.69) is 4.98 Å². The van der Waals surface area contributed by atoms with Crippen LogP contribution >= 0.6 is 0 Å². The van der Waals surface area contributed by atoms with E-state index in [4.69, 9.17) is 5.73 Å². The third kappa shape index (κ3) is 1.76. The molecule has 0 aromatic carbocycles. The summed E-state index contributed by atoms with van der Waals surface area (Å²) in [7, 11) is 1.96. The highest BCUT2D eigenvalue weighted by molar-refractivity contribution is 5.38. The Balaban J connectivity index is 2.16. The van der Waals surface area contributed by atoms with Crippen LogP contribution in [0, 0.1) is 0 Å². The molecule has 1 fully saturated rings. The van der Waals surface area contributed by atoms with Crippen molar-refractivity contribution < 1.29 is 0 Å². The molecule has 1 saturated carbocycles. The maximum absolute atomic E-state index is 5.98. The molecule has 3 heteroatoms. The molecule has 0 spiro atoms. The molecule has 2 N–H and O–H groups in total. The molecule has 1 aliphatic rings. The van der Waals surface area contributed by atoms with Gasteiger partial charge in [0.25, 0.3) is 0 Å². The zero-order valence-electron chi connectivity index (χ0n) is 8.87. The number of aryl methyl sites for hydroxylation is 1. The van der Waals surface area contributed by atoms with Gasteiger partial charge in [-0.2, -0.15) is 0 Å². The van der Waals surface area contributed by atoms with Gasteiger partial charge >= 0.3 is 0 Å². The number of nitrogens with zero attached hydrogens (tertiary/aromatic N) is 2. The minimum atomic E-state index is 0.610. The lowest BCUT2D eigenvalue weighted by molar-refractivity contribution is 0.581. The third-order valence-electron chi connectivity index (χ3n) is 3.25. The van der Waals surface area contributed by atoms with Gasteiger partial charge in [-0.05, 0) is 12.8 Å². The van der Waals surface area contributed by atoms with E-state index in [1.807, 2.05) is 17.9 Å². The van der Waals surface area contributed by atoms with E-state index in [1.54, 1.807) is 0 Å². The zero-order chi connectivity index (χ0) is 9.97. The third-order valence-corrected chi connectivity index (χ3v) is 3.25. The van der Waals surface area contributed by atoms with Crippen LogP contribution in [0.2, 0.25) is 0 Å². The summed E-state index contributed by atoms with van der Waals surface area (Å²) in [6.07, 6.45) is 9.78. The summed E-state index contributed by atoms with van der Waals surface area (Å²) in [6.45, 7) is 0. The van der Waals surface area contributed by atoms with E-state index in [9.17, 15) is 0 Å². The van der Waals surface area contributed by atoms with Crippen LogP contribution in [0.1, 0.15) is 50.1 Å². The molecule has 1 heterocycles.